The summed E-state index contributed by atoms with van der Waals surface area (Å²) in [6.07, 6.45) is 7.38. The molecule has 0 aliphatic heterocycles. The van der Waals surface area contributed by atoms with Crippen LogP contribution in [0.15, 0.2) is 0 Å². The average molecular weight is 217 g/mol. The van der Waals surface area contributed by atoms with Gasteiger partial charge < -0.3 is 0 Å². The maximum absolute atomic E-state index is 4.27. The van der Waals surface area contributed by atoms with Gasteiger partial charge >= 0.3 is 0 Å². The monoisotopic (exact) mass is 217 g/mol. The minimum atomic E-state index is 0.470. The van der Waals surface area contributed by atoms with Crippen LogP contribution in [0.2, 0.25) is 0 Å². The van der Waals surface area contributed by atoms with E-state index in [0.29, 0.717) is 5.41 Å². The van der Waals surface area contributed by atoms with Crippen LogP contribution in [0.3, 0.4) is 0 Å². The highest BCUT2D eigenvalue weighted by Crippen LogP contribution is 2.36. The van der Waals surface area contributed by atoms with Gasteiger partial charge in [0.05, 0.1) is 5.35 Å². The van der Waals surface area contributed by atoms with Gasteiger partial charge in [-0.2, -0.15) is 0 Å². The fraction of sp³-hybridized carbons (Fsp3) is 0.692. The van der Waals surface area contributed by atoms with Gasteiger partial charge in [-0.25, -0.2) is 0 Å². The van der Waals surface area contributed by atoms with Crippen LogP contribution < -0.4 is 10.7 Å². The third kappa shape index (κ3) is 1.58. The molecule has 0 radical (unpaired) electrons. The standard InChI is InChI=1S/C13H19N3/c1-13(2)7-5-9-3-4-10(6-8-13)12-11(9)14-16-15-12/h3-8H2,1-2H3,(H,14,15). The van der Waals surface area contributed by atoms with E-state index >= 15 is 0 Å². The molecule has 0 unspecified atom stereocenters. The lowest BCUT2D eigenvalue weighted by Gasteiger charge is -2.23. The Kier molecular flexibility index (Phi) is 2.16. The molecule has 2 bridgehead atoms. The Morgan fingerprint density at radius 1 is 1.00 bits per heavy atom. The zero-order valence-electron chi connectivity index (χ0n) is 10.1. The molecule has 3 aliphatic carbocycles. The summed E-state index contributed by atoms with van der Waals surface area (Å²) in [4.78, 5) is 0. The van der Waals surface area contributed by atoms with Gasteiger partial charge in [-0.3, -0.25) is 5.10 Å². The number of nitrogens with zero attached hydrogens (tertiary/aromatic N) is 2. The molecule has 0 amide bonds. The van der Waals surface area contributed by atoms with Crippen molar-refractivity contribution >= 4 is 11.1 Å². The van der Waals surface area contributed by atoms with E-state index in [-0.39, 0.29) is 0 Å². The normalized spacial score (nSPS) is 23.6. The number of rotatable bonds is 0. The first-order valence-corrected chi connectivity index (χ1v) is 6.27. The van der Waals surface area contributed by atoms with Crippen LogP contribution in [0.1, 0.15) is 52.4 Å². The van der Waals surface area contributed by atoms with Crippen molar-refractivity contribution in [2.75, 3.05) is 0 Å². The highest BCUT2D eigenvalue weighted by Gasteiger charge is 2.24. The van der Waals surface area contributed by atoms with E-state index in [2.05, 4.69) is 29.3 Å². The molecule has 1 heterocycles. The fourth-order valence-electron chi connectivity index (χ4n) is 2.86. The third-order valence-corrected chi connectivity index (χ3v) is 4.17. The van der Waals surface area contributed by atoms with Gasteiger partial charge in [0.1, 0.15) is 5.35 Å². The van der Waals surface area contributed by atoms with Crippen LogP contribution in [0, 0.1) is 5.41 Å². The third-order valence-electron chi connectivity index (χ3n) is 4.17. The Labute approximate surface area is 95.6 Å². The molecule has 0 aromatic carbocycles. The molecule has 3 aliphatic rings. The Morgan fingerprint density at radius 2 is 1.69 bits per heavy atom. The van der Waals surface area contributed by atoms with Gasteiger partial charge in [0.2, 0.25) is 0 Å². The first-order valence-electron chi connectivity index (χ1n) is 6.27. The first-order chi connectivity index (χ1) is 7.66. The zero-order chi connectivity index (χ0) is 11.2. The summed E-state index contributed by atoms with van der Waals surface area (Å²) < 4.78 is 0. The number of aromatic amines is 1. The van der Waals surface area contributed by atoms with E-state index in [1.165, 1.54) is 54.8 Å². The lowest BCUT2D eigenvalue weighted by atomic mass is 9.82. The van der Waals surface area contributed by atoms with Crippen LogP contribution in [-0.4, -0.2) is 15.4 Å². The summed E-state index contributed by atoms with van der Waals surface area (Å²) in [5.41, 5.74) is 3.53. The molecule has 3 heteroatoms. The number of aromatic nitrogens is 3. The molecule has 4 rings (SSSR count). The Morgan fingerprint density at radius 3 is 2.50 bits per heavy atom. The van der Waals surface area contributed by atoms with Crippen LogP contribution in [0.5, 0.6) is 0 Å². The molecule has 0 atom stereocenters. The molecule has 1 aromatic rings. The number of hydrogen-bond acceptors (Lipinski definition) is 2. The predicted molar refractivity (Wildman–Crippen MR) is 63.9 cm³/mol. The van der Waals surface area contributed by atoms with Gasteiger partial charge in [-0.15, -0.1) is 5.10 Å². The summed E-state index contributed by atoms with van der Waals surface area (Å²) in [5.74, 6) is 0. The average Bonchev–Trinajstić information content (AvgIpc) is 2.73. The molecular formula is C13H19N3. The van der Waals surface area contributed by atoms with E-state index in [1.54, 1.807) is 5.57 Å². The van der Waals surface area contributed by atoms with Gasteiger partial charge in [0, 0.05) is 0 Å². The van der Waals surface area contributed by atoms with Crippen molar-refractivity contribution < 1.29 is 0 Å². The number of hydrogen-bond donors (Lipinski definition) is 1. The van der Waals surface area contributed by atoms with E-state index in [4.69, 9.17) is 0 Å². The van der Waals surface area contributed by atoms with Crippen molar-refractivity contribution in [2.24, 2.45) is 5.41 Å². The second-order valence-corrected chi connectivity index (χ2v) is 5.91. The maximum atomic E-state index is 4.27. The quantitative estimate of drug-likeness (QED) is 0.715. The molecule has 0 spiro atoms. The smallest absolute Gasteiger partial charge is 0.112 e. The Hall–Kier alpha value is -1.12. The minimum Gasteiger partial charge on any atom is -0.258 e. The predicted octanol–water partition coefficient (Wildman–Crippen LogP) is 1.50. The summed E-state index contributed by atoms with van der Waals surface area (Å²) in [7, 11) is 0. The molecule has 0 saturated heterocycles. The number of H-pyrrole nitrogens is 1. The molecule has 1 N–H and O–H groups in total. The van der Waals surface area contributed by atoms with Gasteiger partial charge in [-0.05, 0) is 55.1 Å². The molecule has 16 heavy (non-hydrogen) atoms. The highest BCUT2D eigenvalue weighted by atomic mass is 15.3. The molecule has 86 valence electrons. The highest BCUT2D eigenvalue weighted by molar-refractivity contribution is 5.55. The van der Waals surface area contributed by atoms with Crippen molar-refractivity contribution in [1.29, 1.82) is 0 Å². The molecule has 1 saturated carbocycles. The van der Waals surface area contributed by atoms with Crippen molar-refractivity contribution in [3.8, 4) is 0 Å². The fourth-order valence-corrected chi connectivity index (χ4v) is 2.86. The topological polar surface area (TPSA) is 41.6 Å². The maximum Gasteiger partial charge on any atom is 0.112 e. The van der Waals surface area contributed by atoms with Crippen LogP contribution in [0.4, 0.5) is 0 Å². The second-order valence-electron chi connectivity index (χ2n) is 5.91. The summed E-state index contributed by atoms with van der Waals surface area (Å²) in [5, 5.41) is 13.7. The van der Waals surface area contributed by atoms with Gasteiger partial charge in [0.25, 0.3) is 0 Å². The SMILES string of the molecule is CC1(C)CCC2=c3nn[nH]c3=C(CC2)CC1. The summed E-state index contributed by atoms with van der Waals surface area (Å²) >= 11 is 0. The molecule has 1 aromatic heterocycles. The van der Waals surface area contributed by atoms with E-state index in [0.717, 1.165) is 0 Å². The van der Waals surface area contributed by atoms with E-state index in [9.17, 15) is 0 Å². The van der Waals surface area contributed by atoms with Crippen molar-refractivity contribution in [3.63, 3.8) is 0 Å². The first kappa shape index (κ1) is 10.1. The van der Waals surface area contributed by atoms with Crippen LogP contribution in [-0.2, 0) is 0 Å². The lowest BCUT2D eigenvalue weighted by molar-refractivity contribution is 0.317. The molecule has 3 nitrogen and oxygen atoms in total. The second kappa shape index (κ2) is 3.44. The van der Waals surface area contributed by atoms with Crippen molar-refractivity contribution in [2.45, 2.75) is 52.4 Å². The van der Waals surface area contributed by atoms with E-state index < -0.39 is 0 Å². The minimum absolute atomic E-state index is 0.470. The Balaban J connectivity index is 2.18. The van der Waals surface area contributed by atoms with Gasteiger partial charge in [0.15, 0.2) is 0 Å². The molecular weight excluding hydrogens is 198 g/mol. The van der Waals surface area contributed by atoms with Crippen LogP contribution in [0.25, 0.3) is 11.1 Å². The largest absolute Gasteiger partial charge is 0.258 e. The lowest BCUT2D eigenvalue weighted by Crippen LogP contribution is -2.32. The van der Waals surface area contributed by atoms with Crippen molar-refractivity contribution in [3.05, 3.63) is 10.7 Å². The van der Waals surface area contributed by atoms with Gasteiger partial charge in [-0.1, -0.05) is 19.1 Å². The van der Waals surface area contributed by atoms with E-state index in [1.807, 2.05) is 0 Å². The van der Waals surface area contributed by atoms with Crippen LogP contribution >= 0.6 is 0 Å². The number of fused-ring (bicyclic) bond motifs is 5. The zero-order valence-corrected chi connectivity index (χ0v) is 10.1. The van der Waals surface area contributed by atoms with Crippen molar-refractivity contribution in [1.82, 2.24) is 15.4 Å². The number of nitrogens with one attached hydrogen (secondary N) is 1. The summed E-state index contributed by atoms with van der Waals surface area (Å²) in [6, 6.07) is 0. The Bertz CT molecular complexity index is 477. The molecule has 1 fully saturated rings. The summed E-state index contributed by atoms with van der Waals surface area (Å²) in [6.45, 7) is 4.78.